The van der Waals surface area contributed by atoms with Crippen LogP contribution in [0.3, 0.4) is 0 Å². The lowest BCUT2D eigenvalue weighted by Crippen LogP contribution is -2.01. The van der Waals surface area contributed by atoms with Gasteiger partial charge in [-0.05, 0) is 30.3 Å². The van der Waals surface area contributed by atoms with E-state index in [0.29, 0.717) is 5.69 Å². The summed E-state index contributed by atoms with van der Waals surface area (Å²) in [4.78, 5) is 21.9. The Labute approximate surface area is 124 Å². The standard InChI is InChI=1S/C14H11N3O5/c15-9-1-2-11(12(18)6-9)17-16-10-4-7(13(19)20)3-8(5-10)14(21)22/h1-6,18H,15H2,(H,19,20)(H,21,22). The quantitative estimate of drug-likeness (QED) is 0.504. The van der Waals surface area contributed by atoms with Crippen LogP contribution in [-0.2, 0) is 0 Å². The minimum absolute atomic E-state index is 0.0357. The number of phenols is 1. The van der Waals surface area contributed by atoms with Crippen LogP contribution in [0, 0.1) is 0 Å². The van der Waals surface area contributed by atoms with Crippen molar-refractivity contribution in [1.82, 2.24) is 0 Å². The fourth-order valence-corrected chi connectivity index (χ4v) is 1.65. The van der Waals surface area contributed by atoms with Gasteiger partial charge in [-0.3, -0.25) is 0 Å². The first-order chi connectivity index (χ1) is 10.4. The van der Waals surface area contributed by atoms with Crippen LogP contribution in [0.5, 0.6) is 5.75 Å². The average Bonchev–Trinajstić information content (AvgIpc) is 2.46. The summed E-state index contributed by atoms with van der Waals surface area (Å²) in [5.41, 5.74) is 5.52. The third-order valence-electron chi connectivity index (χ3n) is 2.68. The molecule has 8 heteroatoms. The van der Waals surface area contributed by atoms with E-state index in [0.717, 1.165) is 6.07 Å². The zero-order valence-electron chi connectivity index (χ0n) is 11.1. The van der Waals surface area contributed by atoms with Crippen LogP contribution in [0.1, 0.15) is 20.7 Å². The summed E-state index contributed by atoms with van der Waals surface area (Å²) in [6.45, 7) is 0. The van der Waals surface area contributed by atoms with Gasteiger partial charge in [0.05, 0.1) is 16.8 Å². The number of hydrogen-bond donors (Lipinski definition) is 4. The molecule has 0 bridgehead atoms. The van der Waals surface area contributed by atoms with E-state index in [1.165, 1.54) is 30.3 Å². The summed E-state index contributed by atoms with van der Waals surface area (Å²) < 4.78 is 0. The Bertz CT molecular complexity index is 754. The summed E-state index contributed by atoms with van der Waals surface area (Å²) in [5.74, 6) is -2.76. The number of anilines is 1. The summed E-state index contributed by atoms with van der Waals surface area (Å²) in [7, 11) is 0. The number of nitrogens with zero attached hydrogens (tertiary/aromatic N) is 2. The first kappa shape index (κ1) is 15.0. The number of hydrogen-bond acceptors (Lipinski definition) is 6. The molecule has 8 nitrogen and oxygen atoms in total. The molecule has 5 N–H and O–H groups in total. The third-order valence-corrected chi connectivity index (χ3v) is 2.68. The predicted octanol–water partition coefficient (Wildman–Crippen LogP) is 2.79. The molecule has 112 valence electrons. The summed E-state index contributed by atoms with van der Waals surface area (Å²) >= 11 is 0. The van der Waals surface area contributed by atoms with Crippen molar-refractivity contribution in [2.75, 3.05) is 5.73 Å². The van der Waals surface area contributed by atoms with Gasteiger partial charge in [0.15, 0.2) is 0 Å². The molecule has 0 unspecified atom stereocenters. The van der Waals surface area contributed by atoms with Crippen LogP contribution in [0.15, 0.2) is 46.6 Å². The maximum absolute atomic E-state index is 11.0. The number of nitrogen functional groups attached to an aromatic ring is 1. The van der Waals surface area contributed by atoms with E-state index in [-0.39, 0.29) is 28.3 Å². The van der Waals surface area contributed by atoms with Crippen LogP contribution in [0.4, 0.5) is 17.1 Å². The fourth-order valence-electron chi connectivity index (χ4n) is 1.65. The number of aromatic carboxylic acids is 2. The van der Waals surface area contributed by atoms with Crippen LogP contribution in [-0.4, -0.2) is 27.3 Å². The highest BCUT2D eigenvalue weighted by Gasteiger charge is 2.11. The normalized spacial score (nSPS) is 10.7. The van der Waals surface area contributed by atoms with Crippen LogP contribution in [0.25, 0.3) is 0 Å². The number of carboxylic acid groups (broad SMARTS) is 2. The Morgan fingerprint density at radius 2 is 1.50 bits per heavy atom. The Kier molecular flexibility index (Phi) is 4.03. The van der Waals surface area contributed by atoms with Gasteiger partial charge in [-0.25, -0.2) is 9.59 Å². The fraction of sp³-hybridized carbons (Fsp3) is 0. The third kappa shape index (κ3) is 3.37. The van der Waals surface area contributed by atoms with Gasteiger partial charge in [-0.1, -0.05) is 0 Å². The molecule has 0 radical (unpaired) electrons. The number of carbonyl (C=O) groups is 2. The first-order valence-corrected chi connectivity index (χ1v) is 5.99. The highest BCUT2D eigenvalue weighted by atomic mass is 16.4. The van der Waals surface area contributed by atoms with E-state index in [1.807, 2.05) is 0 Å². The van der Waals surface area contributed by atoms with E-state index in [9.17, 15) is 14.7 Å². The first-order valence-electron chi connectivity index (χ1n) is 5.99. The largest absolute Gasteiger partial charge is 0.506 e. The molecule has 0 aliphatic carbocycles. The Balaban J connectivity index is 2.41. The van der Waals surface area contributed by atoms with Gasteiger partial charge in [0.1, 0.15) is 11.4 Å². The van der Waals surface area contributed by atoms with Gasteiger partial charge in [0, 0.05) is 11.8 Å². The molecule has 0 aliphatic rings. The molecule has 2 rings (SSSR count). The molecule has 0 spiro atoms. The lowest BCUT2D eigenvalue weighted by Gasteiger charge is -2.01. The summed E-state index contributed by atoms with van der Waals surface area (Å²) in [5, 5.41) is 35.0. The molecular formula is C14H11N3O5. The minimum atomic E-state index is -1.28. The molecular weight excluding hydrogens is 290 g/mol. The summed E-state index contributed by atoms with van der Waals surface area (Å²) in [6, 6.07) is 7.58. The van der Waals surface area contributed by atoms with Gasteiger partial charge < -0.3 is 21.1 Å². The second-order valence-corrected chi connectivity index (χ2v) is 4.33. The number of nitrogens with two attached hydrogens (primary N) is 1. The van der Waals surface area contributed by atoms with E-state index in [4.69, 9.17) is 15.9 Å². The van der Waals surface area contributed by atoms with Crippen molar-refractivity contribution in [2.45, 2.75) is 0 Å². The molecule has 0 saturated carbocycles. The average molecular weight is 301 g/mol. The number of phenolic OH excluding ortho intramolecular Hbond substituents is 1. The molecule has 0 aliphatic heterocycles. The lowest BCUT2D eigenvalue weighted by molar-refractivity contribution is 0.0696. The van der Waals surface area contributed by atoms with Crippen molar-refractivity contribution in [3.05, 3.63) is 47.5 Å². The Hall–Kier alpha value is -3.42. The smallest absolute Gasteiger partial charge is 0.335 e. The van der Waals surface area contributed by atoms with Crippen LogP contribution in [0.2, 0.25) is 0 Å². The van der Waals surface area contributed by atoms with Gasteiger partial charge in [0.25, 0.3) is 0 Å². The van der Waals surface area contributed by atoms with Crippen molar-refractivity contribution in [1.29, 1.82) is 0 Å². The minimum Gasteiger partial charge on any atom is -0.506 e. The highest BCUT2D eigenvalue weighted by Crippen LogP contribution is 2.30. The monoisotopic (exact) mass is 301 g/mol. The molecule has 0 fully saturated rings. The zero-order valence-corrected chi connectivity index (χ0v) is 11.1. The maximum Gasteiger partial charge on any atom is 0.335 e. The molecule has 0 saturated heterocycles. The lowest BCUT2D eigenvalue weighted by atomic mass is 10.1. The molecule has 2 aromatic carbocycles. The molecule has 22 heavy (non-hydrogen) atoms. The number of benzene rings is 2. The Morgan fingerprint density at radius 1 is 0.909 bits per heavy atom. The molecule has 0 heterocycles. The number of rotatable bonds is 4. The van der Waals surface area contributed by atoms with E-state index < -0.39 is 11.9 Å². The van der Waals surface area contributed by atoms with Crippen molar-refractivity contribution < 1.29 is 24.9 Å². The predicted molar refractivity (Wildman–Crippen MR) is 77.1 cm³/mol. The second kappa shape index (κ2) is 5.92. The summed E-state index contributed by atoms with van der Waals surface area (Å²) in [6.07, 6.45) is 0. The molecule has 0 amide bonds. The van der Waals surface area contributed by atoms with Crippen LogP contribution < -0.4 is 5.73 Å². The van der Waals surface area contributed by atoms with E-state index in [2.05, 4.69) is 10.2 Å². The second-order valence-electron chi connectivity index (χ2n) is 4.33. The topological polar surface area (TPSA) is 146 Å². The Morgan fingerprint density at radius 3 is 2.00 bits per heavy atom. The van der Waals surface area contributed by atoms with Gasteiger partial charge >= 0.3 is 11.9 Å². The van der Waals surface area contributed by atoms with E-state index in [1.54, 1.807) is 0 Å². The van der Waals surface area contributed by atoms with Gasteiger partial charge in [0.2, 0.25) is 0 Å². The van der Waals surface area contributed by atoms with Gasteiger partial charge in [-0.15, -0.1) is 5.11 Å². The molecule has 2 aromatic rings. The zero-order chi connectivity index (χ0) is 16.3. The maximum atomic E-state index is 11.0. The van der Waals surface area contributed by atoms with Gasteiger partial charge in [-0.2, -0.15) is 5.11 Å². The molecule has 0 atom stereocenters. The van der Waals surface area contributed by atoms with Crippen LogP contribution >= 0.6 is 0 Å². The van der Waals surface area contributed by atoms with E-state index >= 15 is 0 Å². The highest BCUT2D eigenvalue weighted by molar-refractivity contribution is 5.95. The van der Waals surface area contributed by atoms with Crippen molar-refractivity contribution in [3.8, 4) is 5.75 Å². The number of azo groups is 1. The van der Waals surface area contributed by atoms with Crippen molar-refractivity contribution in [2.24, 2.45) is 10.2 Å². The SMILES string of the molecule is Nc1ccc(N=Nc2cc(C(=O)O)cc(C(=O)O)c2)c(O)c1. The number of carboxylic acids is 2. The number of aromatic hydroxyl groups is 1. The molecule has 0 aromatic heterocycles. The van der Waals surface area contributed by atoms with Crippen molar-refractivity contribution >= 4 is 29.0 Å². The van der Waals surface area contributed by atoms with Crippen molar-refractivity contribution in [3.63, 3.8) is 0 Å².